The van der Waals surface area contributed by atoms with Crippen molar-refractivity contribution in [1.29, 1.82) is 0 Å². The van der Waals surface area contributed by atoms with Crippen LogP contribution in [0.15, 0.2) is 10.4 Å². The van der Waals surface area contributed by atoms with Crippen LogP contribution in [0.25, 0.3) is 0 Å². The number of halogens is 1. The molecule has 9 heteroatoms. The molecular weight excluding hydrogens is 451 g/mol. The van der Waals surface area contributed by atoms with E-state index in [1.165, 1.54) is 0 Å². The number of guanidine groups is 1. The number of hydrogen-bond acceptors (Lipinski definition) is 5. The Kier molecular flexibility index (Phi) is 9.47. The number of thiazole rings is 1. The van der Waals surface area contributed by atoms with Gasteiger partial charge in [-0.15, -0.1) is 35.3 Å². The van der Waals surface area contributed by atoms with Crippen molar-refractivity contribution in [1.82, 2.24) is 15.2 Å². The third-order valence-electron chi connectivity index (χ3n) is 3.96. The first-order valence-corrected chi connectivity index (χ1v) is 9.30. The van der Waals surface area contributed by atoms with E-state index < -0.39 is 0 Å². The fourth-order valence-electron chi connectivity index (χ4n) is 2.86. The van der Waals surface area contributed by atoms with Gasteiger partial charge < -0.3 is 20.9 Å². The Morgan fingerprint density at radius 1 is 1.56 bits per heavy atom. The fourth-order valence-corrected chi connectivity index (χ4v) is 3.61. The summed E-state index contributed by atoms with van der Waals surface area (Å²) in [5.41, 5.74) is 6.33. The van der Waals surface area contributed by atoms with E-state index >= 15 is 0 Å². The first kappa shape index (κ1) is 21.9. The van der Waals surface area contributed by atoms with E-state index in [1.54, 1.807) is 11.3 Å². The Morgan fingerprint density at radius 2 is 2.32 bits per heavy atom. The van der Waals surface area contributed by atoms with E-state index in [2.05, 4.69) is 27.5 Å². The number of amides is 1. The zero-order valence-electron chi connectivity index (χ0n) is 15.2. The maximum absolute atomic E-state index is 11.2. The standard InChI is InChI=1S/C16H28N6OS.HI/c1-4-18-15(19-9-13-11-24-16(20-13)21(2)3)22-7-5-6-12(10-22)8-14(17)23;/h11-12H,4-10H2,1-3H3,(H2,17,23)(H,18,19);1H. The maximum Gasteiger partial charge on any atom is 0.217 e. The molecule has 1 aliphatic heterocycles. The molecule has 0 bridgehead atoms. The lowest BCUT2D eigenvalue weighted by Crippen LogP contribution is -2.47. The number of aliphatic imine (C=N–C) groups is 1. The van der Waals surface area contributed by atoms with Gasteiger partial charge >= 0.3 is 0 Å². The number of carbonyl (C=O) groups is 1. The van der Waals surface area contributed by atoms with Crippen LogP contribution in [0.1, 0.15) is 31.9 Å². The van der Waals surface area contributed by atoms with Gasteiger partial charge in [0.1, 0.15) is 0 Å². The monoisotopic (exact) mass is 480 g/mol. The molecule has 1 aliphatic rings. The van der Waals surface area contributed by atoms with Gasteiger partial charge in [-0.25, -0.2) is 9.98 Å². The summed E-state index contributed by atoms with van der Waals surface area (Å²) in [6, 6.07) is 0. The van der Waals surface area contributed by atoms with Crippen molar-refractivity contribution in [3.63, 3.8) is 0 Å². The van der Waals surface area contributed by atoms with Gasteiger partial charge in [-0.1, -0.05) is 0 Å². The van der Waals surface area contributed by atoms with E-state index in [0.29, 0.717) is 18.9 Å². The SMILES string of the molecule is CCNC(=NCc1csc(N(C)C)n1)N1CCCC(CC(N)=O)C1.I. The number of rotatable bonds is 6. The fraction of sp³-hybridized carbons (Fsp3) is 0.688. The van der Waals surface area contributed by atoms with Crippen molar-refractivity contribution in [2.45, 2.75) is 32.7 Å². The van der Waals surface area contributed by atoms with E-state index in [1.807, 2.05) is 19.0 Å². The first-order valence-electron chi connectivity index (χ1n) is 8.42. The number of carbonyl (C=O) groups excluding carboxylic acids is 1. The highest BCUT2D eigenvalue weighted by Crippen LogP contribution is 2.21. The summed E-state index contributed by atoms with van der Waals surface area (Å²) in [4.78, 5) is 24.7. The molecule has 2 rings (SSSR count). The minimum absolute atomic E-state index is 0. The Hall–Kier alpha value is -1.10. The lowest BCUT2D eigenvalue weighted by Gasteiger charge is -2.34. The number of piperidine rings is 1. The van der Waals surface area contributed by atoms with Crippen LogP contribution in [-0.4, -0.2) is 55.5 Å². The summed E-state index contributed by atoms with van der Waals surface area (Å²) < 4.78 is 0. The predicted octanol–water partition coefficient (Wildman–Crippen LogP) is 1.88. The topological polar surface area (TPSA) is 86.8 Å². The van der Waals surface area contributed by atoms with E-state index in [-0.39, 0.29) is 29.9 Å². The number of nitrogens with zero attached hydrogens (tertiary/aromatic N) is 4. The van der Waals surface area contributed by atoms with Gasteiger partial charge in [-0.05, 0) is 25.7 Å². The molecule has 0 aromatic carbocycles. The highest BCUT2D eigenvalue weighted by atomic mass is 127. The van der Waals surface area contributed by atoms with Crippen molar-refractivity contribution in [2.24, 2.45) is 16.6 Å². The largest absolute Gasteiger partial charge is 0.370 e. The molecule has 0 aliphatic carbocycles. The summed E-state index contributed by atoms with van der Waals surface area (Å²) in [6.07, 6.45) is 2.56. The number of aromatic nitrogens is 1. The Morgan fingerprint density at radius 3 is 2.92 bits per heavy atom. The average Bonchev–Trinajstić information content (AvgIpc) is 3.00. The van der Waals surface area contributed by atoms with Gasteiger partial charge in [0.2, 0.25) is 5.91 Å². The van der Waals surface area contributed by atoms with Crippen LogP contribution in [-0.2, 0) is 11.3 Å². The van der Waals surface area contributed by atoms with Crippen LogP contribution < -0.4 is 16.0 Å². The first-order chi connectivity index (χ1) is 11.5. The van der Waals surface area contributed by atoms with Crippen molar-refractivity contribution in [3.05, 3.63) is 11.1 Å². The lowest BCUT2D eigenvalue weighted by molar-refractivity contribution is -0.119. The van der Waals surface area contributed by atoms with Crippen LogP contribution in [0, 0.1) is 5.92 Å². The second-order valence-electron chi connectivity index (χ2n) is 6.31. The number of hydrogen-bond donors (Lipinski definition) is 2. The number of nitrogens with one attached hydrogen (secondary N) is 1. The van der Waals surface area contributed by atoms with Gasteiger partial charge in [0.25, 0.3) is 0 Å². The molecule has 1 saturated heterocycles. The van der Waals surface area contributed by atoms with Crippen molar-refractivity contribution in [3.8, 4) is 0 Å². The molecule has 7 nitrogen and oxygen atoms in total. The molecule has 0 radical (unpaired) electrons. The highest BCUT2D eigenvalue weighted by Gasteiger charge is 2.23. The predicted molar refractivity (Wildman–Crippen MR) is 115 cm³/mol. The second-order valence-corrected chi connectivity index (χ2v) is 7.15. The highest BCUT2D eigenvalue weighted by molar-refractivity contribution is 14.0. The Bertz CT molecular complexity index is 577. The maximum atomic E-state index is 11.2. The molecule has 0 spiro atoms. The van der Waals surface area contributed by atoms with E-state index in [9.17, 15) is 4.79 Å². The summed E-state index contributed by atoms with van der Waals surface area (Å²) in [7, 11) is 3.98. The van der Waals surface area contributed by atoms with Crippen molar-refractivity contribution >= 4 is 52.3 Å². The van der Waals surface area contributed by atoms with E-state index in [0.717, 1.165) is 49.3 Å². The number of nitrogens with two attached hydrogens (primary N) is 1. The summed E-state index contributed by atoms with van der Waals surface area (Å²) in [5, 5.41) is 6.39. The molecule has 0 saturated carbocycles. The van der Waals surface area contributed by atoms with Gasteiger partial charge in [0, 0.05) is 45.5 Å². The normalized spacial score (nSPS) is 17.8. The number of anilines is 1. The number of likely N-dealkylation sites (tertiary alicyclic amines) is 1. The Balaban J connectivity index is 0.00000312. The second kappa shape index (κ2) is 10.8. The molecule has 2 heterocycles. The smallest absolute Gasteiger partial charge is 0.217 e. The summed E-state index contributed by atoms with van der Waals surface area (Å²) >= 11 is 1.63. The molecule has 25 heavy (non-hydrogen) atoms. The van der Waals surface area contributed by atoms with Crippen molar-refractivity contribution in [2.75, 3.05) is 38.6 Å². The van der Waals surface area contributed by atoms with Crippen LogP contribution >= 0.6 is 35.3 Å². The molecule has 1 fully saturated rings. The molecule has 1 amide bonds. The molecule has 1 atom stereocenters. The molecule has 142 valence electrons. The minimum atomic E-state index is -0.220. The lowest BCUT2D eigenvalue weighted by atomic mass is 9.95. The van der Waals surface area contributed by atoms with Gasteiger partial charge in [-0.3, -0.25) is 4.79 Å². The minimum Gasteiger partial charge on any atom is -0.370 e. The Labute approximate surface area is 171 Å². The van der Waals surface area contributed by atoms with Crippen LogP contribution in [0.2, 0.25) is 0 Å². The third-order valence-corrected chi connectivity index (χ3v) is 5.01. The molecular formula is C16H29IN6OS. The van der Waals surface area contributed by atoms with Gasteiger partial charge in [-0.2, -0.15) is 0 Å². The van der Waals surface area contributed by atoms with Gasteiger partial charge in [0.15, 0.2) is 11.1 Å². The summed E-state index contributed by atoms with van der Waals surface area (Å²) in [6.45, 7) is 5.22. The van der Waals surface area contributed by atoms with Crippen LogP contribution in [0.4, 0.5) is 5.13 Å². The van der Waals surface area contributed by atoms with Crippen molar-refractivity contribution < 1.29 is 4.79 Å². The third kappa shape index (κ3) is 6.96. The zero-order valence-corrected chi connectivity index (χ0v) is 18.3. The van der Waals surface area contributed by atoms with Crippen LogP contribution in [0.3, 0.4) is 0 Å². The molecule has 3 N–H and O–H groups in total. The van der Waals surface area contributed by atoms with E-state index in [4.69, 9.17) is 10.7 Å². The number of primary amides is 1. The van der Waals surface area contributed by atoms with Gasteiger partial charge in [0.05, 0.1) is 12.2 Å². The molecule has 1 aromatic rings. The summed E-state index contributed by atoms with van der Waals surface area (Å²) in [5.74, 6) is 0.994. The quantitative estimate of drug-likeness (QED) is 0.369. The molecule has 1 aromatic heterocycles. The molecule has 1 unspecified atom stereocenters. The van der Waals surface area contributed by atoms with Crippen LogP contribution in [0.5, 0.6) is 0 Å². The zero-order chi connectivity index (χ0) is 17.5. The average molecular weight is 480 g/mol.